The van der Waals surface area contributed by atoms with Gasteiger partial charge >= 0.3 is 0 Å². The fourth-order valence-corrected chi connectivity index (χ4v) is 3.28. The molecule has 4 aromatic rings. The predicted molar refractivity (Wildman–Crippen MR) is 102 cm³/mol. The van der Waals surface area contributed by atoms with Gasteiger partial charge in [0.1, 0.15) is 5.82 Å². The molecule has 0 aliphatic carbocycles. The molecule has 0 bridgehead atoms. The molecule has 0 fully saturated rings. The zero-order chi connectivity index (χ0) is 17.4. The molecule has 0 atom stereocenters. The van der Waals surface area contributed by atoms with E-state index in [0.29, 0.717) is 11.1 Å². The van der Waals surface area contributed by atoms with Gasteiger partial charge in [0.15, 0.2) is 0 Å². The van der Waals surface area contributed by atoms with Crippen LogP contribution < -0.4 is 0 Å². The van der Waals surface area contributed by atoms with Crippen molar-refractivity contribution in [3.63, 3.8) is 0 Å². The van der Waals surface area contributed by atoms with E-state index < -0.39 is 0 Å². The van der Waals surface area contributed by atoms with Crippen LogP contribution in [0.5, 0.6) is 0 Å². The van der Waals surface area contributed by atoms with E-state index in [9.17, 15) is 4.39 Å². The lowest BCUT2D eigenvalue weighted by Crippen LogP contribution is -1.92. The van der Waals surface area contributed by atoms with Crippen LogP contribution in [0.4, 0.5) is 4.39 Å². The topological polar surface area (TPSA) is 12.9 Å². The van der Waals surface area contributed by atoms with Crippen LogP contribution in [0.25, 0.3) is 33.3 Å². The number of hydrogen-bond acceptors (Lipinski definition) is 1. The van der Waals surface area contributed by atoms with E-state index in [4.69, 9.17) is 4.98 Å². The minimum atomic E-state index is -0.143. The Kier molecular flexibility index (Phi) is 3.81. The number of pyridine rings is 1. The Hall–Kier alpha value is -3.00. The molecule has 3 aromatic carbocycles. The highest BCUT2D eigenvalue weighted by Crippen LogP contribution is 2.30. The van der Waals surface area contributed by atoms with E-state index in [2.05, 4.69) is 24.3 Å². The van der Waals surface area contributed by atoms with Gasteiger partial charge in [0.2, 0.25) is 0 Å². The number of benzene rings is 3. The molecule has 2 heteroatoms. The largest absolute Gasteiger partial charge is 0.248 e. The number of fused-ring (bicyclic) bond motifs is 1. The molecule has 1 aromatic heterocycles. The molecular formula is C23H18FN. The minimum absolute atomic E-state index is 0.143. The second kappa shape index (κ2) is 6.14. The van der Waals surface area contributed by atoms with Crippen molar-refractivity contribution in [2.45, 2.75) is 13.8 Å². The molecule has 0 N–H and O–H groups in total. The zero-order valence-electron chi connectivity index (χ0n) is 14.3. The van der Waals surface area contributed by atoms with Crippen molar-refractivity contribution >= 4 is 10.9 Å². The molecule has 1 heterocycles. The summed E-state index contributed by atoms with van der Waals surface area (Å²) < 4.78 is 13.9. The van der Waals surface area contributed by atoms with E-state index in [1.165, 1.54) is 11.1 Å². The molecule has 25 heavy (non-hydrogen) atoms. The lowest BCUT2D eigenvalue weighted by Gasteiger charge is -2.10. The Balaban J connectivity index is 1.88. The lowest BCUT2D eigenvalue weighted by molar-refractivity contribution is 0.609. The van der Waals surface area contributed by atoms with Gasteiger partial charge in [-0.2, -0.15) is 0 Å². The zero-order valence-corrected chi connectivity index (χ0v) is 14.3. The SMILES string of the molecule is Cc1cc(-c2ccc3c(-c4ccccc4)cccc3n2)cc(C)c1F. The van der Waals surface area contributed by atoms with Gasteiger partial charge in [0, 0.05) is 10.9 Å². The first-order chi connectivity index (χ1) is 12.1. The van der Waals surface area contributed by atoms with Crippen molar-refractivity contribution in [1.82, 2.24) is 4.98 Å². The van der Waals surface area contributed by atoms with E-state index in [1.807, 2.05) is 48.5 Å². The van der Waals surface area contributed by atoms with E-state index >= 15 is 0 Å². The Labute approximate surface area is 146 Å². The summed E-state index contributed by atoms with van der Waals surface area (Å²) in [4.78, 5) is 4.82. The standard InChI is InChI=1S/C23H18FN/c1-15-13-18(14-16(2)23(15)24)21-12-11-20-19(9-6-10-22(20)25-21)17-7-4-3-5-8-17/h3-14H,1-2H3. The maximum Gasteiger partial charge on any atom is 0.129 e. The van der Waals surface area contributed by atoms with Crippen molar-refractivity contribution in [1.29, 1.82) is 0 Å². The van der Waals surface area contributed by atoms with Crippen LogP contribution >= 0.6 is 0 Å². The molecule has 0 radical (unpaired) electrons. The highest BCUT2D eigenvalue weighted by Gasteiger charge is 2.09. The molecular weight excluding hydrogens is 309 g/mol. The van der Waals surface area contributed by atoms with E-state index in [1.54, 1.807) is 13.8 Å². The van der Waals surface area contributed by atoms with Gasteiger partial charge in [-0.05, 0) is 60.4 Å². The van der Waals surface area contributed by atoms with E-state index in [-0.39, 0.29) is 5.82 Å². The first kappa shape index (κ1) is 15.5. The highest BCUT2D eigenvalue weighted by atomic mass is 19.1. The van der Waals surface area contributed by atoms with Gasteiger partial charge in [-0.25, -0.2) is 9.37 Å². The fraction of sp³-hybridized carbons (Fsp3) is 0.0870. The maximum atomic E-state index is 13.9. The first-order valence-electron chi connectivity index (χ1n) is 8.36. The summed E-state index contributed by atoms with van der Waals surface area (Å²) in [5.74, 6) is -0.143. The van der Waals surface area contributed by atoms with Crippen LogP contribution in [0.1, 0.15) is 11.1 Å². The summed E-state index contributed by atoms with van der Waals surface area (Å²) in [6.07, 6.45) is 0. The number of nitrogens with zero attached hydrogens (tertiary/aromatic N) is 1. The number of rotatable bonds is 2. The van der Waals surface area contributed by atoms with Crippen molar-refractivity contribution in [3.05, 3.63) is 89.7 Å². The number of aromatic nitrogens is 1. The summed E-state index contributed by atoms with van der Waals surface area (Å²) >= 11 is 0. The molecule has 0 unspecified atom stereocenters. The van der Waals surface area contributed by atoms with Crippen molar-refractivity contribution in [3.8, 4) is 22.4 Å². The average molecular weight is 327 g/mol. The number of halogens is 1. The molecule has 1 nitrogen and oxygen atoms in total. The molecule has 0 aliphatic heterocycles. The van der Waals surface area contributed by atoms with Crippen LogP contribution in [0.3, 0.4) is 0 Å². The molecule has 0 spiro atoms. The van der Waals surface area contributed by atoms with Crippen LogP contribution in [0, 0.1) is 19.7 Å². The quantitative estimate of drug-likeness (QED) is 0.419. The van der Waals surface area contributed by atoms with Gasteiger partial charge < -0.3 is 0 Å². The summed E-state index contributed by atoms with van der Waals surface area (Å²) in [5, 5.41) is 1.12. The van der Waals surface area contributed by atoms with Crippen LogP contribution in [0.2, 0.25) is 0 Å². The fourth-order valence-electron chi connectivity index (χ4n) is 3.28. The van der Waals surface area contributed by atoms with Gasteiger partial charge in [-0.3, -0.25) is 0 Å². The monoisotopic (exact) mass is 327 g/mol. The van der Waals surface area contributed by atoms with Gasteiger partial charge in [0.25, 0.3) is 0 Å². The molecule has 0 saturated heterocycles. The Morgan fingerprint density at radius 2 is 1.44 bits per heavy atom. The third-order valence-corrected chi connectivity index (χ3v) is 4.55. The molecule has 0 saturated carbocycles. The van der Waals surface area contributed by atoms with Crippen LogP contribution in [-0.4, -0.2) is 4.98 Å². The highest BCUT2D eigenvalue weighted by molar-refractivity contribution is 5.95. The Bertz CT molecular complexity index is 1040. The second-order valence-electron chi connectivity index (χ2n) is 6.36. The van der Waals surface area contributed by atoms with E-state index in [0.717, 1.165) is 22.2 Å². The summed E-state index contributed by atoms with van der Waals surface area (Å²) in [6.45, 7) is 3.58. The lowest BCUT2D eigenvalue weighted by atomic mass is 9.99. The van der Waals surface area contributed by atoms with Gasteiger partial charge in [0.05, 0.1) is 11.2 Å². The molecule has 4 rings (SSSR count). The first-order valence-corrected chi connectivity index (χ1v) is 8.36. The van der Waals surface area contributed by atoms with Crippen LogP contribution in [0.15, 0.2) is 72.8 Å². The Morgan fingerprint density at radius 1 is 0.720 bits per heavy atom. The number of hydrogen-bond donors (Lipinski definition) is 0. The normalized spacial score (nSPS) is 11.0. The van der Waals surface area contributed by atoms with Crippen molar-refractivity contribution in [2.24, 2.45) is 0 Å². The summed E-state index contributed by atoms with van der Waals surface area (Å²) in [6, 6.07) is 24.3. The smallest absolute Gasteiger partial charge is 0.129 e. The summed E-state index contributed by atoms with van der Waals surface area (Å²) in [7, 11) is 0. The van der Waals surface area contributed by atoms with Crippen LogP contribution in [-0.2, 0) is 0 Å². The van der Waals surface area contributed by atoms with Gasteiger partial charge in [-0.1, -0.05) is 48.5 Å². The maximum absolute atomic E-state index is 13.9. The second-order valence-corrected chi connectivity index (χ2v) is 6.36. The summed E-state index contributed by atoms with van der Waals surface area (Å²) in [5.41, 5.74) is 6.40. The molecule has 0 aliphatic rings. The van der Waals surface area contributed by atoms with Crippen molar-refractivity contribution in [2.75, 3.05) is 0 Å². The molecule has 0 amide bonds. The van der Waals surface area contributed by atoms with Crippen molar-refractivity contribution < 1.29 is 4.39 Å². The third-order valence-electron chi connectivity index (χ3n) is 4.55. The average Bonchev–Trinajstić information content (AvgIpc) is 2.65. The number of aryl methyl sites for hydroxylation is 2. The van der Waals surface area contributed by atoms with Gasteiger partial charge in [-0.15, -0.1) is 0 Å². The predicted octanol–water partition coefficient (Wildman–Crippen LogP) is 6.32. The molecule has 122 valence electrons. The third kappa shape index (κ3) is 2.80. The Morgan fingerprint density at radius 3 is 2.16 bits per heavy atom. The minimum Gasteiger partial charge on any atom is -0.248 e.